The lowest BCUT2D eigenvalue weighted by molar-refractivity contribution is 0.220. The molecule has 1 N–H and O–H groups in total. The van der Waals surface area contributed by atoms with Crippen LogP contribution in [0.5, 0.6) is 0 Å². The van der Waals surface area contributed by atoms with Gasteiger partial charge < -0.3 is 10.2 Å². The number of hydrogen-bond acceptors (Lipinski definition) is 3. The van der Waals surface area contributed by atoms with Gasteiger partial charge in [0.25, 0.3) is 0 Å². The molecule has 0 radical (unpaired) electrons. The van der Waals surface area contributed by atoms with Gasteiger partial charge in [-0.1, -0.05) is 35.9 Å². The topological polar surface area (TPSA) is 69.7 Å². The van der Waals surface area contributed by atoms with E-state index in [4.69, 9.17) is 0 Å². The molecule has 140 valence electrons. The number of hydrogen-bond donors (Lipinski definition) is 1. The van der Waals surface area contributed by atoms with Crippen LogP contribution in [0.1, 0.15) is 16.7 Å². The summed E-state index contributed by atoms with van der Waals surface area (Å²) < 4.78 is 25.7. The molecule has 0 aromatic heterocycles. The molecule has 0 saturated heterocycles. The number of urea groups is 1. The molecule has 6 nitrogen and oxygen atoms in total. The molecule has 2 amide bonds. The maximum Gasteiger partial charge on any atom is 0.321 e. The number of nitrogens with one attached hydrogen (secondary N) is 1. The predicted octanol–water partition coefficient (Wildman–Crippen LogP) is 3.22. The van der Waals surface area contributed by atoms with E-state index in [1.165, 1.54) is 26.2 Å². The maximum atomic E-state index is 12.5. The van der Waals surface area contributed by atoms with Crippen molar-refractivity contribution in [3.8, 4) is 0 Å². The van der Waals surface area contributed by atoms with Crippen LogP contribution in [0.4, 0.5) is 10.5 Å². The molecule has 7 heteroatoms. The highest BCUT2D eigenvalue weighted by atomic mass is 32.2. The maximum absolute atomic E-state index is 12.5. The third-order valence-corrected chi connectivity index (χ3v) is 5.93. The minimum Gasteiger partial charge on any atom is -0.323 e. The summed E-state index contributed by atoms with van der Waals surface area (Å²) in [7, 11) is 1.09. The van der Waals surface area contributed by atoms with E-state index in [1.54, 1.807) is 18.0 Å². The summed E-state index contributed by atoms with van der Waals surface area (Å²) in [6.45, 7) is 4.29. The summed E-state index contributed by atoms with van der Waals surface area (Å²) in [6, 6.07) is 12.4. The van der Waals surface area contributed by atoms with Gasteiger partial charge in [0.05, 0.1) is 4.90 Å². The van der Waals surface area contributed by atoms with E-state index in [0.29, 0.717) is 12.2 Å². The molecular weight excluding hydrogens is 350 g/mol. The van der Waals surface area contributed by atoms with Crippen molar-refractivity contribution in [2.24, 2.45) is 0 Å². The molecule has 0 spiro atoms. The normalized spacial score (nSPS) is 11.5. The molecule has 0 aliphatic carbocycles. The van der Waals surface area contributed by atoms with Gasteiger partial charge in [0, 0.05) is 33.4 Å². The first-order valence-electron chi connectivity index (χ1n) is 8.22. The van der Waals surface area contributed by atoms with E-state index in [1.807, 2.05) is 38.1 Å². The average molecular weight is 375 g/mol. The van der Waals surface area contributed by atoms with Gasteiger partial charge in [0.2, 0.25) is 10.0 Å². The van der Waals surface area contributed by atoms with E-state index >= 15 is 0 Å². The lowest BCUT2D eigenvalue weighted by Gasteiger charge is -2.20. The Hall–Kier alpha value is -2.38. The van der Waals surface area contributed by atoms with Crippen molar-refractivity contribution >= 4 is 21.7 Å². The van der Waals surface area contributed by atoms with E-state index in [2.05, 4.69) is 5.32 Å². The summed E-state index contributed by atoms with van der Waals surface area (Å²) in [5, 5.41) is 2.80. The lowest BCUT2D eigenvalue weighted by Crippen LogP contribution is -2.31. The first-order chi connectivity index (χ1) is 12.1. The quantitative estimate of drug-likeness (QED) is 0.872. The van der Waals surface area contributed by atoms with Crippen LogP contribution < -0.4 is 5.32 Å². The lowest BCUT2D eigenvalue weighted by atomic mass is 10.1. The fourth-order valence-electron chi connectivity index (χ4n) is 2.36. The fraction of sp³-hybridized carbons (Fsp3) is 0.316. The summed E-state index contributed by atoms with van der Waals surface area (Å²) in [6.07, 6.45) is 0. The van der Waals surface area contributed by atoms with Gasteiger partial charge in [0.1, 0.15) is 0 Å². The van der Waals surface area contributed by atoms with Crippen LogP contribution in [0.3, 0.4) is 0 Å². The number of sulfonamides is 1. The second-order valence-electron chi connectivity index (χ2n) is 6.54. The van der Waals surface area contributed by atoms with Crippen LogP contribution in [-0.4, -0.2) is 44.8 Å². The Kier molecular flexibility index (Phi) is 6.05. The SMILES string of the molecule is Cc1ccc(CN(C)C(=O)Nc2cc(S(=O)(=O)N(C)C)ccc2C)cc1. The number of nitrogens with zero attached hydrogens (tertiary/aromatic N) is 2. The Morgan fingerprint density at radius 3 is 2.19 bits per heavy atom. The van der Waals surface area contributed by atoms with Crippen LogP contribution >= 0.6 is 0 Å². The minimum atomic E-state index is -3.56. The Morgan fingerprint density at radius 1 is 1.00 bits per heavy atom. The summed E-state index contributed by atoms with van der Waals surface area (Å²) in [5.74, 6) is 0. The predicted molar refractivity (Wildman–Crippen MR) is 104 cm³/mol. The number of rotatable bonds is 5. The van der Waals surface area contributed by atoms with Gasteiger partial charge in [-0.05, 0) is 37.1 Å². The molecular formula is C19H25N3O3S. The number of benzene rings is 2. The van der Waals surface area contributed by atoms with Crippen LogP contribution in [-0.2, 0) is 16.6 Å². The minimum absolute atomic E-state index is 0.143. The molecule has 2 rings (SSSR count). The number of carbonyl (C=O) groups excluding carboxylic acids is 1. The zero-order chi connectivity index (χ0) is 19.5. The molecule has 0 heterocycles. The second-order valence-corrected chi connectivity index (χ2v) is 8.69. The zero-order valence-electron chi connectivity index (χ0n) is 15.8. The standard InChI is InChI=1S/C19H25N3O3S/c1-14-6-9-16(10-7-14)13-22(5)19(23)20-18-12-17(11-8-15(18)2)26(24,25)21(3)4/h6-12H,13H2,1-5H3,(H,20,23). The smallest absolute Gasteiger partial charge is 0.321 e. The van der Waals surface area contributed by atoms with E-state index in [9.17, 15) is 13.2 Å². The Morgan fingerprint density at radius 2 is 1.62 bits per heavy atom. The largest absolute Gasteiger partial charge is 0.323 e. The highest BCUT2D eigenvalue weighted by molar-refractivity contribution is 7.89. The Bertz CT molecular complexity index is 891. The summed E-state index contributed by atoms with van der Waals surface area (Å²) >= 11 is 0. The van der Waals surface area contributed by atoms with E-state index < -0.39 is 10.0 Å². The number of carbonyl (C=O) groups is 1. The van der Waals surface area contributed by atoms with Crippen molar-refractivity contribution in [1.82, 2.24) is 9.21 Å². The Balaban J connectivity index is 2.16. The number of amides is 2. The van der Waals surface area contributed by atoms with Crippen molar-refractivity contribution in [1.29, 1.82) is 0 Å². The first kappa shape index (κ1) is 19.9. The molecule has 2 aromatic rings. The van der Waals surface area contributed by atoms with Gasteiger partial charge in [-0.3, -0.25) is 0 Å². The van der Waals surface area contributed by atoms with Crippen molar-refractivity contribution < 1.29 is 13.2 Å². The molecule has 0 atom stereocenters. The van der Waals surface area contributed by atoms with Gasteiger partial charge in [0.15, 0.2) is 0 Å². The van der Waals surface area contributed by atoms with Crippen LogP contribution in [0.2, 0.25) is 0 Å². The van der Waals surface area contributed by atoms with Crippen molar-refractivity contribution in [3.63, 3.8) is 0 Å². The van der Waals surface area contributed by atoms with Gasteiger partial charge in [-0.25, -0.2) is 17.5 Å². The number of aryl methyl sites for hydroxylation is 2. The molecule has 0 aliphatic rings. The molecule has 0 bridgehead atoms. The summed E-state index contributed by atoms with van der Waals surface area (Å²) in [4.78, 5) is 14.2. The molecule has 2 aromatic carbocycles. The Labute approximate surface area is 155 Å². The van der Waals surface area contributed by atoms with Crippen LogP contribution in [0, 0.1) is 13.8 Å². The average Bonchev–Trinajstić information content (AvgIpc) is 2.58. The van der Waals surface area contributed by atoms with Gasteiger partial charge >= 0.3 is 6.03 Å². The highest BCUT2D eigenvalue weighted by Crippen LogP contribution is 2.22. The fourth-order valence-corrected chi connectivity index (χ4v) is 3.29. The molecule has 0 aliphatic heterocycles. The molecule has 26 heavy (non-hydrogen) atoms. The van der Waals surface area contributed by atoms with Gasteiger partial charge in [-0.2, -0.15) is 0 Å². The van der Waals surface area contributed by atoms with E-state index in [0.717, 1.165) is 21.0 Å². The van der Waals surface area contributed by atoms with Crippen LogP contribution in [0.15, 0.2) is 47.4 Å². The number of anilines is 1. The van der Waals surface area contributed by atoms with Crippen molar-refractivity contribution in [3.05, 3.63) is 59.2 Å². The third-order valence-electron chi connectivity index (χ3n) is 4.12. The monoisotopic (exact) mass is 375 g/mol. The van der Waals surface area contributed by atoms with Crippen molar-refractivity contribution in [2.45, 2.75) is 25.3 Å². The molecule has 0 saturated carbocycles. The third kappa shape index (κ3) is 4.62. The van der Waals surface area contributed by atoms with E-state index in [-0.39, 0.29) is 10.9 Å². The summed E-state index contributed by atoms with van der Waals surface area (Å²) in [5.41, 5.74) is 3.46. The van der Waals surface area contributed by atoms with Crippen LogP contribution in [0.25, 0.3) is 0 Å². The van der Waals surface area contributed by atoms with Gasteiger partial charge in [-0.15, -0.1) is 0 Å². The van der Waals surface area contributed by atoms with Crippen molar-refractivity contribution in [2.75, 3.05) is 26.5 Å². The molecule has 0 unspecified atom stereocenters. The zero-order valence-corrected chi connectivity index (χ0v) is 16.6. The first-order valence-corrected chi connectivity index (χ1v) is 9.66. The highest BCUT2D eigenvalue weighted by Gasteiger charge is 2.19. The second kappa shape index (κ2) is 7.88. The molecule has 0 fully saturated rings.